The molecule has 0 aliphatic carbocycles. The third-order valence-corrected chi connectivity index (χ3v) is 5.19. The molecule has 0 spiro atoms. The smallest absolute Gasteiger partial charge is 0.247 e. The summed E-state index contributed by atoms with van der Waals surface area (Å²) in [6.07, 6.45) is 1.45. The number of rotatable bonds is 4. The molecule has 1 aliphatic heterocycles. The van der Waals surface area contributed by atoms with Gasteiger partial charge in [0.25, 0.3) is 0 Å². The van der Waals surface area contributed by atoms with E-state index in [0.29, 0.717) is 16.7 Å². The van der Waals surface area contributed by atoms with Gasteiger partial charge in [0, 0.05) is 16.8 Å². The quantitative estimate of drug-likeness (QED) is 0.439. The molecular weight excluding hydrogens is 396 g/mol. The van der Waals surface area contributed by atoms with Gasteiger partial charge in [-0.05, 0) is 36.6 Å². The standard InChI is InChI=1S/C23H18N4O2S/c1-30-23-25-22-20(26-27-23)18-12-5-6-13-19(18)24-21(29-22)15-8-7-11-17(14-15)28-16-9-3-2-4-10-16/h2-14,21,24H,1H3/t21-/m0/s1. The first-order chi connectivity index (χ1) is 14.8. The molecule has 0 bridgehead atoms. The van der Waals surface area contributed by atoms with Crippen LogP contribution in [0.5, 0.6) is 17.4 Å². The fourth-order valence-electron chi connectivity index (χ4n) is 3.25. The summed E-state index contributed by atoms with van der Waals surface area (Å²) in [5.74, 6) is 1.96. The van der Waals surface area contributed by atoms with Crippen molar-refractivity contribution in [2.24, 2.45) is 0 Å². The number of hydrogen-bond acceptors (Lipinski definition) is 7. The maximum Gasteiger partial charge on any atom is 0.247 e. The van der Waals surface area contributed by atoms with Gasteiger partial charge in [-0.25, -0.2) is 0 Å². The highest BCUT2D eigenvalue weighted by Gasteiger charge is 2.26. The first-order valence-corrected chi connectivity index (χ1v) is 10.7. The second-order valence-electron chi connectivity index (χ2n) is 6.63. The predicted molar refractivity (Wildman–Crippen MR) is 117 cm³/mol. The predicted octanol–water partition coefficient (Wildman–Crippen LogP) is 5.56. The van der Waals surface area contributed by atoms with Gasteiger partial charge in [-0.15, -0.1) is 10.2 Å². The van der Waals surface area contributed by atoms with Gasteiger partial charge in [0.2, 0.25) is 11.0 Å². The summed E-state index contributed by atoms with van der Waals surface area (Å²) in [6.45, 7) is 0. The van der Waals surface area contributed by atoms with Crippen LogP contribution in [0.25, 0.3) is 11.3 Å². The van der Waals surface area contributed by atoms with E-state index in [1.165, 1.54) is 11.8 Å². The summed E-state index contributed by atoms with van der Waals surface area (Å²) in [4.78, 5) is 4.55. The van der Waals surface area contributed by atoms with E-state index in [4.69, 9.17) is 9.47 Å². The lowest BCUT2D eigenvalue weighted by Gasteiger charge is -2.20. The Balaban J connectivity index is 1.53. The van der Waals surface area contributed by atoms with E-state index in [1.807, 2.05) is 85.1 Å². The first-order valence-electron chi connectivity index (χ1n) is 9.44. The van der Waals surface area contributed by atoms with Crippen molar-refractivity contribution in [1.29, 1.82) is 0 Å². The molecule has 0 saturated heterocycles. The fraction of sp³-hybridized carbons (Fsp3) is 0.0870. The van der Waals surface area contributed by atoms with Crippen LogP contribution < -0.4 is 14.8 Å². The van der Waals surface area contributed by atoms with Gasteiger partial charge in [0.05, 0.1) is 0 Å². The zero-order chi connectivity index (χ0) is 20.3. The normalized spacial score (nSPS) is 14.5. The molecule has 5 rings (SSSR count). The van der Waals surface area contributed by atoms with Gasteiger partial charge in [-0.1, -0.05) is 60.3 Å². The lowest BCUT2D eigenvalue weighted by molar-refractivity contribution is 0.225. The van der Waals surface area contributed by atoms with Crippen LogP contribution in [-0.4, -0.2) is 21.4 Å². The Hall–Kier alpha value is -3.58. The minimum absolute atomic E-state index is 0.450. The van der Waals surface area contributed by atoms with Crippen LogP contribution in [-0.2, 0) is 0 Å². The summed E-state index contributed by atoms with van der Waals surface area (Å²) >= 11 is 1.43. The minimum Gasteiger partial charge on any atom is -0.457 e. The molecule has 0 fully saturated rings. The zero-order valence-electron chi connectivity index (χ0n) is 16.1. The van der Waals surface area contributed by atoms with Crippen molar-refractivity contribution in [3.8, 4) is 28.6 Å². The van der Waals surface area contributed by atoms with Crippen LogP contribution in [0.2, 0.25) is 0 Å². The van der Waals surface area contributed by atoms with E-state index in [9.17, 15) is 0 Å². The van der Waals surface area contributed by atoms with Crippen molar-refractivity contribution >= 4 is 17.4 Å². The Labute approximate surface area is 178 Å². The Morgan fingerprint density at radius 1 is 0.900 bits per heavy atom. The number of nitrogens with one attached hydrogen (secondary N) is 1. The van der Waals surface area contributed by atoms with Gasteiger partial charge in [0.15, 0.2) is 11.9 Å². The van der Waals surface area contributed by atoms with Crippen LogP contribution in [0.4, 0.5) is 5.69 Å². The van der Waals surface area contributed by atoms with Crippen molar-refractivity contribution < 1.29 is 9.47 Å². The summed E-state index contributed by atoms with van der Waals surface area (Å²) in [5, 5.41) is 12.6. The SMILES string of the molecule is CSc1nnc2c(n1)O[C@@H](c1cccc(Oc3ccccc3)c1)Nc1ccccc1-2. The Morgan fingerprint density at radius 3 is 2.57 bits per heavy atom. The molecule has 0 unspecified atom stereocenters. The van der Waals surface area contributed by atoms with E-state index in [-0.39, 0.29) is 0 Å². The summed E-state index contributed by atoms with van der Waals surface area (Å²) < 4.78 is 12.3. The number of anilines is 1. The number of aromatic nitrogens is 3. The van der Waals surface area contributed by atoms with Gasteiger partial charge in [-0.2, -0.15) is 4.98 Å². The average Bonchev–Trinajstić information content (AvgIpc) is 2.96. The van der Waals surface area contributed by atoms with Crippen molar-refractivity contribution in [3.63, 3.8) is 0 Å². The van der Waals surface area contributed by atoms with Gasteiger partial charge in [0.1, 0.15) is 11.5 Å². The molecular formula is C23H18N4O2S. The van der Waals surface area contributed by atoms with Crippen LogP contribution in [0.1, 0.15) is 11.8 Å². The average molecular weight is 414 g/mol. The number of thioether (sulfide) groups is 1. The van der Waals surface area contributed by atoms with Crippen LogP contribution in [0.3, 0.4) is 0 Å². The Morgan fingerprint density at radius 2 is 1.70 bits per heavy atom. The van der Waals surface area contributed by atoms with Crippen LogP contribution in [0.15, 0.2) is 84.0 Å². The van der Waals surface area contributed by atoms with Gasteiger partial charge in [-0.3, -0.25) is 0 Å². The maximum atomic E-state index is 6.28. The number of benzene rings is 3. The minimum atomic E-state index is -0.460. The summed E-state index contributed by atoms with van der Waals surface area (Å²) in [7, 11) is 0. The number of para-hydroxylation sites is 2. The largest absolute Gasteiger partial charge is 0.457 e. The molecule has 2 heterocycles. The fourth-order valence-corrected chi connectivity index (χ4v) is 3.55. The monoisotopic (exact) mass is 414 g/mol. The molecule has 0 amide bonds. The molecule has 0 radical (unpaired) electrons. The van der Waals surface area contributed by atoms with Gasteiger partial charge >= 0.3 is 0 Å². The van der Waals surface area contributed by atoms with Crippen molar-refractivity contribution in [2.75, 3.05) is 11.6 Å². The summed E-state index contributed by atoms with van der Waals surface area (Å²) in [6, 6.07) is 25.4. The van der Waals surface area contributed by atoms with Crippen molar-refractivity contribution in [3.05, 3.63) is 84.4 Å². The molecule has 1 aliphatic rings. The number of nitrogens with zero attached hydrogens (tertiary/aromatic N) is 3. The molecule has 1 N–H and O–H groups in total. The highest BCUT2D eigenvalue weighted by Crippen LogP contribution is 2.39. The highest BCUT2D eigenvalue weighted by molar-refractivity contribution is 7.98. The van der Waals surface area contributed by atoms with E-state index in [1.54, 1.807) is 0 Å². The van der Waals surface area contributed by atoms with Crippen molar-refractivity contribution in [2.45, 2.75) is 11.4 Å². The second kappa shape index (κ2) is 8.04. The topological polar surface area (TPSA) is 69.2 Å². The molecule has 4 aromatic rings. The van der Waals surface area contributed by atoms with Gasteiger partial charge < -0.3 is 14.8 Å². The zero-order valence-corrected chi connectivity index (χ0v) is 17.0. The Bertz CT molecular complexity index is 1190. The maximum absolute atomic E-state index is 6.28. The number of hydrogen-bond donors (Lipinski definition) is 1. The highest BCUT2D eigenvalue weighted by atomic mass is 32.2. The molecule has 0 saturated carbocycles. The van der Waals surface area contributed by atoms with Crippen molar-refractivity contribution in [1.82, 2.24) is 15.2 Å². The molecule has 7 heteroatoms. The number of ether oxygens (including phenoxy) is 2. The third kappa shape index (κ3) is 3.67. The summed E-state index contributed by atoms with van der Waals surface area (Å²) in [5.41, 5.74) is 3.34. The lowest BCUT2D eigenvalue weighted by atomic mass is 10.1. The van der Waals surface area contributed by atoms with E-state index < -0.39 is 6.23 Å². The third-order valence-electron chi connectivity index (χ3n) is 4.66. The van der Waals surface area contributed by atoms with Crippen LogP contribution >= 0.6 is 11.8 Å². The molecule has 3 aromatic carbocycles. The Kier molecular flexibility index (Phi) is 4.94. The number of fused-ring (bicyclic) bond motifs is 3. The molecule has 148 valence electrons. The van der Waals surface area contributed by atoms with Crippen LogP contribution in [0, 0.1) is 0 Å². The van der Waals surface area contributed by atoms with E-state index in [0.717, 1.165) is 28.3 Å². The molecule has 6 nitrogen and oxygen atoms in total. The lowest BCUT2D eigenvalue weighted by Crippen LogP contribution is -2.17. The molecule has 1 aromatic heterocycles. The van der Waals surface area contributed by atoms with E-state index in [2.05, 4.69) is 20.5 Å². The molecule has 30 heavy (non-hydrogen) atoms. The van der Waals surface area contributed by atoms with E-state index >= 15 is 0 Å². The second-order valence-corrected chi connectivity index (χ2v) is 7.40. The molecule has 1 atom stereocenters. The first kappa shape index (κ1) is 18.4.